The predicted molar refractivity (Wildman–Crippen MR) is 75.1 cm³/mol. The van der Waals surface area contributed by atoms with Crippen LogP contribution in [0, 0.1) is 0 Å². The number of carboxylic acid groups (broad SMARTS) is 1. The van der Waals surface area contributed by atoms with Crippen molar-refractivity contribution < 1.29 is 14.6 Å². The molecule has 6 nitrogen and oxygen atoms in total. The Hall–Kier alpha value is -1.95. The minimum atomic E-state index is -1.01. The van der Waals surface area contributed by atoms with E-state index in [4.69, 9.17) is 9.84 Å². The molecule has 0 aromatic heterocycles. The molecule has 1 aromatic rings. The fraction of sp³-hybridized carbons (Fsp3) is 0.462. The van der Waals surface area contributed by atoms with E-state index < -0.39 is 6.09 Å². The summed E-state index contributed by atoms with van der Waals surface area (Å²) >= 11 is 0. The van der Waals surface area contributed by atoms with Gasteiger partial charge in [-0.15, -0.1) is 0 Å². The molecular weight excluding hydrogens is 246 g/mol. The van der Waals surface area contributed by atoms with Crippen molar-refractivity contribution in [2.75, 3.05) is 39.2 Å². The number of carbonyl (C=O) groups is 1. The SMILES string of the molecule is COc1cccc(N(C)C)c1CNCCNC(=O)O. The molecule has 0 spiro atoms. The smallest absolute Gasteiger partial charge is 0.404 e. The molecule has 0 aliphatic heterocycles. The monoisotopic (exact) mass is 267 g/mol. The van der Waals surface area contributed by atoms with Crippen molar-refractivity contribution in [3.8, 4) is 5.75 Å². The molecule has 0 aliphatic carbocycles. The van der Waals surface area contributed by atoms with Gasteiger partial charge in [0.2, 0.25) is 0 Å². The minimum absolute atomic E-state index is 0.377. The Labute approximate surface area is 113 Å². The van der Waals surface area contributed by atoms with Crippen molar-refractivity contribution in [2.45, 2.75) is 6.54 Å². The highest BCUT2D eigenvalue weighted by Crippen LogP contribution is 2.27. The van der Waals surface area contributed by atoms with Gasteiger partial charge in [0.15, 0.2) is 0 Å². The first-order chi connectivity index (χ1) is 9.06. The first kappa shape index (κ1) is 15.1. The predicted octanol–water partition coefficient (Wildman–Crippen LogP) is 1.12. The molecule has 0 fully saturated rings. The average molecular weight is 267 g/mol. The van der Waals surface area contributed by atoms with E-state index in [0.29, 0.717) is 19.6 Å². The molecule has 0 bridgehead atoms. The van der Waals surface area contributed by atoms with E-state index in [-0.39, 0.29) is 0 Å². The van der Waals surface area contributed by atoms with Crippen LogP contribution in [0.2, 0.25) is 0 Å². The summed E-state index contributed by atoms with van der Waals surface area (Å²) in [6, 6.07) is 5.89. The van der Waals surface area contributed by atoms with Crippen molar-refractivity contribution in [2.24, 2.45) is 0 Å². The highest BCUT2D eigenvalue weighted by atomic mass is 16.5. The first-order valence-electron chi connectivity index (χ1n) is 6.07. The van der Waals surface area contributed by atoms with Gasteiger partial charge in [0.05, 0.1) is 7.11 Å². The molecule has 0 unspecified atom stereocenters. The Morgan fingerprint density at radius 2 is 2.11 bits per heavy atom. The largest absolute Gasteiger partial charge is 0.496 e. The number of hydrogen-bond acceptors (Lipinski definition) is 4. The van der Waals surface area contributed by atoms with Gasteiger partial charge in [0.25, 0.3) is 0 Å². The molecule has 0 atom stereocenters. The molecule has 0 heterocycles. The van der Waals surface area contributed by atoms with Crippen LogP contribution in [0.15, 0.2) is 18.2 Å². The number of nitrogens with one attached hydrogen (secondary N) is 2. The molecule has 0 saturated heterocycles. The maximum atomic E-state index is 10.3. The van der Waals surface area contributed by atoms with Gasteiger partial charge in [-0.2, -0.15) is 0 Å². The van der Waals surface area contributed by atoms with Crippen molar-refractivity contribution in [1.82, 2.24) is 10.6 Å². The summed E-state index contributed by atoms with van der Waals surface area (Å²) in [5, 5.41) is 14.0. The normalized spacial score (nSPS) is 10.1. The fourth-order valence-corrected chi connectivity index (χ4v) is 1.81. The first-order valence-corrected chi connectivity index (χ1v) is 6.07. The molecule has 19 heavy (non-hydrogen) atoms. The second-order valence-corrected chi connectivity index (χ2v) is 4.26. The molecule has 6 heteroatoms. The van der Waals surface area contributed by atoms with Gasteiger partial charge < -0.3 is 25.4 Å². The zero-order valence-corrected chi connectivity index (χ0v) is 11.6. The van der Waals surface area contributed by atoms with Crippen LogP contribution in [0.3, 0.4) is 0 Å². The van der Waals surface area contributed by atoms with E-state index in [1.54, 1.807) is 7.11 Å². The number of nitrogens with zero attached hydrogens (tertiary/aromatic N) is 1. The minimum Gasteiger partial charge on any atom is -0.496 e. The van der Waals surface area contributed by atoms with Crippen LogP contribution in [-0.2, 0) is 6.54 Å². The Morgan fingerprint density at radius 3 is 2.68 bits per heavy atom. The van der Waals surface area contributed by atoms with Gasteiger partial charge >= 0.3 is 6.09 Å². The second kappa shape index (κ2) is 7.48. The standard InChI is InChI=1S/C13H21N3O3/c1-16(2)11-5-4-6-12(19-3)10(11)9-14-7-8-15-13(17)18/h4-6,14-15H,7-9H2,1-3H3,(H,17,18). The maximum Gasteiger partial charge on any atom is 0.404 e. The van der Waals surface area contributed by atoms with E-state index in [1.165, 1.54) is 0 Å². The van der Waals surface area contributed by atoms with E-state index in [2.05, 4.69) is 10.6 Å². The zero-order valence-electron chi connectivity index (χ0n) is 11.6. The van der Waals surface area contributed by atoms with E-state index in [9.17, 15) is 4.79 Å². The lowest BCUT2D eigenvalue weighted by Crippen LogP contribution is -2.30. The topological polar surface area (TPSA) is 73.8 Å². The molecule has 1 rings (SSSR count). The Bertz CT molecular complexity index is 422. The van der Waals surface area contributed by atoms with Crippen molar-refractivity contribution in [3.63, 3.8) is 0 Å². The van der Waals surface area contributed by atoms with Crippen LogP contribution in [0.5, 0.6) is 5.75 Å². The summed E-state index contributed by atoms with van der Waals surface area (Å²) in [7, 11) is 5.60. The molecule has 1 amide bonds. The van der Waals surface area contributed by atoms with E-state index >= 15 is 0 Å². The fourth-order valence-electron chi connectivity index (χ4n) is 1.81. The van der Waals surface area contributed by atoms with Crippen molar-refractivity contribution in [1.29, 1.82) is 0 Å². The molecule has 0 radical (unpaired) electrons. The molecule has 0 aliphatic rings. The third-order valence-electron chi connectivity index (χ3n) is 2.69. The number of benzene rings is 1. The maximum absolute atomic E-state index is 10.3. The summed E-state index contributed by atoms with van der Waals surface area (Å²) < 4.78 is 5.36. The summed E-state index contributed by atoms with van der Waals surface area (Å²) in [6.07, 6.45) is -1.01. The van der Waals surface area contributed by atoms with Gasteiger partial charge in [0.1, 0.15) is 5.75 Å². The summed E-state index contributed by atoms with van der Waals surface area (Å²) in [5.41, 5.74) is 2.14. The number of ether oxygens (including phenoxy) is 1. The quantitative estimate of drug-likeness (QED) is 0.646. The third-order valence-corrected chi connectivity index (χ3v) is 2.69. The molecule has 3 N–H and O–H groups in total. The summed E-state index contributed by atoms with van der Waals surface area (Å²) in [4.78, 5) is 12.3. The van der Waals surface area contributed by atoms with E-state index in [0.717, 1.165) is 17.0 Å². The van der Waals surface area contributed by atoms with E-state index in [1.807, 2.05) is 37.2 Å². The van der Waals surface area contributed by atoms with Crippen LogP contribution >= 0.6 is 0 Å². The Kier molecular flexibility index (Phi) is 5.95. The lowest BCUT2D eigenvalue weighted by molar-refractivity contribution is 0.194. The average Bonchev–Trinajstić information content (AvgIpc) is 2.37. The second-order valence-electron chi connectivity index (χ2n) is 4.26. The van der Waals surface area contributed by atoms with Gasteiger partial charge in [-0.05, 0) is 12.1 Å². The Balaban J connectivity index is 2.62. The number of anilines is 1. The molecular formula is C13H21N3O3. The number of methoxy groups -OCH3 is 1. The molecule has 1 aromatic carbocycles. The number of hydrogen-bond donors (Lipinski definition) is 3. The number of rotatable bonds is 7. The highest BCUT2D eigenvalue weighted by Gasteiger charge is 2.09. The highest BCUT2D eigenvalue weighted by molar-refractivity contribution is 5.64. The van der Waals surface area contributed by atoms with Crippen LogP contribution in [0.25, 0.3) is 0 Å². The third kappa shape index (κ3) is 4.67. The zero-order chi connectivity index (χ0) is 14.3. The van der Waals surface area contributed by atoms with Crippen LogP contribution in [0.4, 0.5) is 10.5 Å². The lowest BCUT2D eigenvalue weighted by atomic mass is 10.1. The van der Waals surface area contributed by atoms with Gasteiger partial charge in [-0.3, -0.25) is 0 Å². The van der Waals surface area contributed by atoms with Crippen molar-refractivity contribution >= 4 is 11.8 Å². The van der Waals surface area contributed by atoms with Crippen LogP contribution in [0.1, 0.15) is 5.56 Å². The van der Waals surface area contributed by atoms with Gasteiger partial charge in [-0.1, -0.05) is 6.07 Å². The Morgan fingerprint density at radius 1 is 1.37 bits per heavy atom. The summed E-state index contributed by atoms with van der Waals surface area (Å²) in [5.74, 6) is 0.824. The van der Waals surface area contributed by atoms with Crippen LogP contribution in [-0.4, -0.2) is 45.5 Å². The molecule has 0 saturated carbocycles. The number of amides is 1. The van der Waals surface area contributed by atoms with Gasteiger partial charge in [0, 0.05) is 45.0 Å². The lowest BCUT2D eigenvalue weighted by Gasteiger charge is -2.20. The van der Waals surface area contributed by atoms with Gasteiger partial charge in [-0.25, -0.2) is 4.79 Å². The molecule has 106 valence electrons. The summed E-state index contributed by atoms with van der Waals surface area (Å²) in [6.45, 7) is 1.57. The van der Waals surface area contributed by atoms with Crippen LogP contribution < -0.4 is 20.3 Å². The van der Waals surface area contributed by atoms with Crippen molar-refractivity contribution in [3.05, 3.63) is 23.8 Å².